The molecule has 0 radical (unpaired) electrons. The van der Waals surface area contributed by atoms with Gasteiger partial charge in [0.2, 0.25) is 0 Å². The summed E-state index contributed by atoms with van der Waals surface area (Å²) in [5.74, 6) is 1.14. The van der Waals surface area contributed by atoms with Crippen molar-refractivity contribution < 1.29 is 4.74 Å². The number of halogens is 1. The summed E-state index contributed by atoms with van der Waals surface area (Å²) in [5, 5.41) is 4.07. The van der Waals surface area contributed by atoms with Gasteiger partial charge in [0.15, 0.2) is 0 Å². The molecule has 4 nitrogen and oxygen atoms in total. The van der Waals surface area contributed by atoms with Gasteiger partial charge in [0.1, 0.15) is 17.3 Å². The second-order valence-electron chi connectivity index (χ2n) is 6.28. The molecular weight excluding hydrogens is 274 g/mol. The van der Waals surface area contributed by atoms with E-state index in [0.29, 0.717) is 17.3 Å². The van der Waals surface area contributed by atoms with Crippen LogP contribution >= 0.6 is 11.6 Å². The van der Waals surface area contributed by atoms with Crippen LogP contribution in [-0.4, -0.2) is 28.7 Å². The van der Waals surface area contributed by atoms with E-state index in [0.717, 1.165) is 24.4 Å². The Morgan fingerprint density at radius 3 is 2.70 bits per heavy atom. The third-order valence-corrected chi connectivity index (χ3v) is 4.57. The van der Waals surface area contributed by atoms with Crippen LogP contribution < -0.4 is 5.32 Å². The molecular formula is C15H24ClN3O. The summed E-state index contributed by atoms with van der Waals surface area (Å²) >= 11 is 6.20. The number of rotatable bonds is 5. The number of ether oxygens (including phenoxy) is 1. The topological polar surface area (TPSA) is 47.0 Å². The number of hydrogen-bond acceptors (Lipinski definition) is 4. The van der Waals surface area contributed by atoms with Gasteiger partial charge >= 0.3 is 0 Å². The average molecular weight is 298 g/mol. The number of nitrogens with zero attached hydrogens (tertiary/aromatic N) is 2. The van der Waals surface area contributed by atoms with Crippen molar-refractivity contribution in [2.75, 3.05) is 11.9 Å². The summed E-state index contributed by atoms with van der Waals surface area (Å²) in [6.07, 6.45) is 2.83. The van der Waals surface area contributed by atoms with Crippen molar-refractivity contribution in [3.63, 3.8) is 0 Å². The largest absolute Gasteiger partial charge is 0.378 e. The molecule has 2 atom stereocenters. The molecule has 1 aliphatic rings. The summed E-state index contributed by atoms with van der Waals surface area (Å²) in [7, 11) is 0. The summed E-state index contributed by atoms with van der Waals surface area (Å²) < 4.78 is 5.76. The fourth-order valence-electron chi connectivity index (χ4n) is 2.78. The Morgan fingerprint density at radius 1 is 1.45 bits per heavy atom. The molecule has 2 rings (SSSR count). The van der Waals surface area contributed by atoms with E-state index in [4.69, 9.17) is 16.3 Å². The first kappa shape index (κ1) is 15.5. The molecule has 0 aliphatic heterocycles. The summed E-state index contributed by atoms with van der Waals surface area (Å²) in [6.45, 7) is 11.5. The van der Waals surface area contributed by atoms with Gasteiger partial charge in [0, 0.05) is 23.6 Å². The van der Waals surface area contributed by atoms with Gasteiger partial charge in [-0.05, 0) is 19.3 Å². The fourth-order valence-corrected chi connectivity index (χ4v) is 3.13. The molecule has 0 saturated heterocycles. The maximum absolute atomic E-state index is 6.20. The normalized spacial score (nSPS) is 24.6. The maximum Gasteiger partial charge on any atom is 0.138 e. The van der Waals surface area contributed by atoms with E-state index in [2.05, 4.69) is 43.0 Å². The summed E-state index contributed by atoms with van der Waals surface area (Å²) in [4.78, 5) is 8.45. The van der Waals surface area contributed by atoms with Crippen LogP contribution in [0, 0.1) is 5.41 Å². The van der Waals surface area contributed by atoms with Crippen LogP contribution in [0.4, 0.5) is 5.82 Å². The molecule has 0 aromatic carbocycles. The van der Waals surface area contributed by atoms with E-state index in [-0.39, 0.29) is 11.3 Å². The second kappa shape index (κ2) is 5.86. The highest BCUT2D eigenvalue weighted by Gasteiger charge is 2.49. The van der Waals surface area contributed by atoms with Gasteiger partial charge in [0.25, 0.3) is 0 Å². The molecule has 112 valence electrons. The van der Waals surface area contributed by atoms with Gasteiger partial charge in [-0.3, -0.25) is 0 Å². The van der Waals surface area contributed by atoms with Crippen molar-refractivity contribution in [3.05, 3.63) is 17.0 Å². The smallest absolute Gasteiger partial charge is 0.138 e. The fraction of sp³-hybridized carbons (Fsp3) is 0.733. The highest BCUT2D eigenvalue weighted by atomic mass is 35.5. The number of aromatic nitrogens is 2. The van der Waals surface area contributed by atoms with Crippen LogP contribution in [-0.2, 0) is 4.74 Å². The van der Waals surface area contributed by atoms with Crippen LogP contribution in [0.3, 0.4) is 0 Å². The van der Waals surface area contributed by atoms with Crippen LogP contribution in [0.15, 0.2) is 6.33 Å². The molecule has 0 amide bonds. The van der Waals surface area contributed by atoms with Gasteiger partial charge in [-0.15, -0.1) is 0 Å². The minimum atomic E-state index is 0.0989. The Hall–Kier alpha value is -0.870. The molecule has 0 bridgehead atoms. The number of nitrogens with one attached hydrogen (secondary N) is 1. The Morgan fingerprint density at radius 2 is 2.15 bits per heavy atom. The van der Waals surface area contributed by atoms with E-state index >= 15 is 0 Å². The van der Waals surface area contributed by atoms with Gasteiger partial charge in [-0.25, -0.2) is 9.97 Å². The first-order valence-corrected chi connectivity index (χ1v) is 7.64. The Kier molecular flexibility index (Phi) is 4.55. The van der Waals surface area contributed by atoms with Crippen LogP contribution in [0.25, 0.3) is 0 Å². The zero-order valence-corrected chi connectivity index (χ0v) is 13.7. The lowest BCUT2D eigenvalue weighted by Crippen LogP contribution is -2.58. The molecule has 1 heterocycles. The summed E-state index contributed by atoms with van der Waals surface area (Å²) in [6, 6.07) is 0.350. The SMILES string of the molecule is CCOC1CC(Nc2ncnc(Cl)c2C(C)C)C1(C)C. The van der Waals surface area contributed by atoms with E-state index in [1.54, 1.807) is 0 Å². The van der Waals surface area contributed by atoms with Gasteiger partial charge in [-0.1, -0.05) is 39.3 Å². The lowest BCUT2D eigenvalue weighted by Gasteiger charge is -2.52. The number of anilines is 1. The highest BCUT2D eigenvalue weighted by molar-refractivity contribution is 6.30. The monoisotopic (exact) mass is 297 g/mol. The van der Waals surface area contributed by atoms with Crippen LogP contribution in [0.1, 0.15) is 52.5 Å². The van der Waals surface area contributed by atoms with E-state index in [1.165, 1.54) is 6.33 Å². The van der Waals surface area contributed by atoms with Gasteiger partial charge in [0.05, 0.1) is 6.10 Å². The third-order valence-electron chi connectivity index (χ3n) is 4.27. The second-order valence-corrected chi connectivity index (χ2v) is 6.64. The van der Waals surface area contributed by atoms with E-state index < -0.39 is 0 Å². The predicted molar refractivity (Wildman–Crippen MR) is 82.4 cm³/mol. The van der Waals surface area contributed by atoms with Crippen molar-refractivity contribution in [3.8, 4) is 0 Å². The first-order chi connectivity index (χ1) is 9.37. The van der Waals surface area contributed by atoms with Crippen LogP contribution in [0.2, 0.25) is 5.15 Å². The van der Waals surface area contributed by atoms with E-state index in [1.807, 2.05) is 6.92 Å². The molecule has 5 heteroatoms. The highest BCUT2D eigenvalue weighted by Crippen LogP contribution is 2.45. The molecule has 1 aromatic heterocycles. The van der Waals surface area contributed by atoms with Gasteiger partial charge in [-0.2, -0.15) is 0 Å². The van der Waals surface area contributed by atoms with Gasteiger partial charge < -0.3 is 10.1 Å². The Bertz CT molecular complexity index is 476. The predicted octanol–water partition coefficient (Wildman–Crippen LogP) is 3.87. The Labute approximate surface area is 126 Å². The molecule has 1 aliphatic carbocycles. The lowest BCUT2D eigenvalue weighted by molar-refractivity contribution is -0.0976. The molecule has 1 N–H and O–H groups in total. The van der Waals surface area contributed by atoms with Crippen molar-refractivity contribution in [2.24, 2.45) is 5.41 Å². The summed E-state index contributed by atoms with van der Waals surface area (Å²) in [5.41, 5.74) is 1.09. The molecule has 0 spiro atoms. The van der Waals surface area contributed by atoms with E-state index in [9.17, 15) is 0 Å². The van der Waals surface area contributed by atoms with Crippen molar-refractivity contribution >= 4 is 17.4 Å². The van der Waals surface area contributed by atoms with Crippen molar-refractivity contribution in [1.29, 1.82) is 0 Å². The zero-order valence-electron chi connectivity index (χ0n) is 12.9. The minimum absolute atomic E-state index is 0.0989. The van der Waals surface area contributed by atoms with Crippen molar-refractivity contribution in [1.82, 2.24) is 9.97 Å². The molecule has 1 saturated carbocycles. The first-order valence-electron chi connectivity index (χ1n) is 7.26. The minimum Gasteiger partial charge on any atom is -0.378 e. The maximum atomic E-state index is 6.20. The molecule has 2 unspecified atom stereocenters. The molecule has 1 aromatic rings. The van der Waals surface area contributed by atoms with Crippen molar-refractivity contribution in [2.45, 2.75) is 59.1 Å². The zero-order chi connectivity index (χ0) is 14.9. The Balaban J connectivity index is 2.15. The third kappa shape index (κ3) is 2.77. The molecule has 1 fully saturated rings. The lowest BCUT2D eigenvalue weighted by atomic mass is 9.64. The quantitative estimate of drug-likeness (QED) is 0.838. The van der Waals surface area contributed by atoms with Crippen LogP contribution in [0.5, 0.6) is 0 Å². The molecule has 20 heavy (non-hydrogen) atoms. The standard InChI is InChI=1S/C15H24ClN3O/c1-6-20-11-7-10(15(11,4)5)19-14-12(9(2)3)13(16)17-8-18-14/h8-11H,6-7H2,1-5H3,(H,17,18,19). The average Bonchev–Trinajstić information content (AvgIpc) is 2.37. The number of hydrogen-bond donors (Lipinski definition) is 1.